The summed E-state index contributed by atoms with van der Waals surface area (Å²) in [7, 11) is 0. The summed E-state index contributed by atoms with van der Waals surface area (Å²) in [5.74, 6) is 0.339. The molecule has 0 fully saturated rings. The van der Waals surface area contributed by atoms with E-state index in [2.05, 4.69) is 211 Å². The molecule has 56 heavy (non-hydrogen) atoms. The molecular weight excluding hydrogens is 681 g/mol. The Balaban J connectivity index is 1.26. The number of benzene rings is 9. The van der Waals surface area contributed by atoms with Gasteiger partial charge in [0.05, 0.1) is 16.7 Å². The molecule has 9 aromatic carbocycles. The molecule has 0 aliphatic heterocycles. The highest BCUT2D eigenvalue weighted by molar-refractivity contribution is 6.22. The van der Waals surface area contributed by atoms with Gasteiger partial charge in [-0.3, -0.25) is 0 Å². The van der Waals surface area contributed by atoms with Gasteiger partial charge in [0.25, 0.3) is 0 Å². The average molecular weight is 719 g/mol. The summed E-state index contributed by atoms with van der Waals surface area (Å²) in [6, 6.07) is 68.2. The van der Waals surface area contributed by atoms with Crippen molar-refractivity contribution in [2.45, 2.75) is 19.8 Å². The first-order valence-corrected chi connectivity index (χ1v) is 19.5. The third-order valence-corrected chi connectivity index (χ3v) is 11.5. The lowest BCUT2D eigenvalue weighted by molar-refractivity contribution is 0.672. The maximum absolute atomic E-state index is 6.75. The first kappa shape index (κ1) is 32.3. The van der Waals surface area contributed by atoms with Crippen LogP contribution in [0, 0.1) is 0 Å². The second-order valence-electron chi connectivity index (χ2n) is 15.1. The summed E-state index contributed by atoms with van der Waals surface area (Å²) in [5, 5.41) is 9.48. The van der Waals surface area contributed by atoms with Crippen LogP contribution in [0.2, 0.25) is 0 Å². The molecule has 0 spiro atoms. The predicted octanol–water partition coefficient (Wildman–Crippen LogP) is 15.2. The van der Waals surface area contributed by atoms with Crippen LogP contribution < -0.4 is 4.90 Å². The van der Waals surface area contributed by atoms with Crippen molar-refractivity contribution in [1.29, 1.82) is 0 Å². The molecule has 0 aliphatic rings. The maximum Gasteiger partial charge on any atom is 0.143 e. The number of rotatable bonds is 6. The average Bonchev–Trinajstić information content (AvgIpc) is 3.80. The van der Waals surface area contributed by atoms with Gasteiger partial charge in [0.1, 0.15) is 11.2 Å². The summed E-state index contributed by atoms with van der Waals surface area (Å²) in [5.41, 5.74) is 12.3. The van der Waals surface area contributed by atoms with Crippen LogP contribution in [0.1, 0.15) is 25.3 Å². The Labute approximate surface area is 325 Å². The number of nitrogens with zero attached hydrogens (tertiary/aromatic N) is 2. The minimum atomic E-state index is 0.339. The van der Waals surface area contributed by atoms with E-state index in [1.165, 1.54) is 49.1 Å². The molecule has 11 rings (SSSR count). The third-order valence-electron chi connectivity index (χ3n) is 11.5. The molecule has 0 aliphatic carbocycles. The topological polar surface area (TPSA) is 21.3 Å². The molecular formula is C53H38N2O. The first-order valence-electron chi connectivity index (χ1n) is 19.5. The highest BCUT2D eigenvalue weighted by Gasteiger charge is 2.24. The molecule has 0 radical (unpaired) electrons. The van der Waals surface area contributed by atoms with E-state index in [9.17, 15) is 0 Å². The zero-order chi connectivity index (χ0) is 37.3. The number of aromatic nitrogens is 1. The van der Waals surface area contributed by atoms with Crippen molar-refractivity contribution in [2.24, 2.45) is 0 Å². The Morgan fingerprint density at radius 1 is 0.482 bits per heavy atom. The smallest absolute Gasteiger partial charge is 0.143 e. The van der Waals surface area contributed by atoms with Crippen LogP contribution in [0.5, 0.6) is 0 Å². The lowest BCUT2D eigenvalue weighted by atomic mass is 9.95. The van der Waals surface area contributed by atoms with Crippen molar-refractivity contribution in [3.05, 3.63) is 194 Å². The predicted molar refractivity (Wildman–Crippen MR) is 237 cm³/mol. The number of hydrogen-bond donors (Lipinski definition) is 0. The van der Waals surface area contributed by atoms with Crippen LogP contribution in [0.3, 0.4) is 0 Å². The molecule has 0 amide bonds. The number of fused-ring (bicyclic) bond motifs is 10. The minimum Gasteiger partial charge on any atom is -0.455 e. The van der Waals surface area contributed by atoms with Crippen molar-refractivity contribution in [3.8, 4) is 16.8 Å². The van der Waals surface area contributed by atoms with Gasteiger partial charge in [-0.2, -0.15) is 0 Å². The van der Waals surface area contributed by atoms with E-state index in [1.807, 2.05) is 0 Å². The molecule has 3 nitrogen and oxygen atoms in total. The monoisotopic (exact) mass is 718 g/mol. The van der Waals surface area contributed by atoms with Gasteiger partial charge in [0, 0.05) is 54.8 Å². The highest BCUT2D eigenvalue weighted by Crippen LogP contribution is 2.47. The first-order chi connectivity index (χ1) is 27.6. The van der Waals surface area contributed by atoms with Crippen LogP contribution in [0.4, 0.5) is 17.1 Å². The summed E-state index contributed by atoms with van der Waals surface area (Å²) in [6.07, 6.45) is 0. The molecule has 0 bridgehead atoms. The second-order valence-corrected chi connectivity index (χ2v) is 15.1. The molecule has 2 heterocycles. The number of anilines is 3. The molecule has 0 saturated heterocycles. The van der Waals surface area contributed by atoms with Gasteiger partial charge in [-0.05, 0) is 76.5 Å². The molecule has 3 heteroatoms. The zero-order valence-electron chi connectivity index (χ0n) is 31.3. The van der Waals surface area contributed by atoms with E-state index in [4.69, 9.17) is 4.42 Å². The van der Waals surface area contributed by atoms with Crippen molar-refractivity contribution in [3.63, 3.8) is 0 Å². The summed E-state index contributed by atoms with van der Waals surface area (Å²) in [4.78, 5) is 2.45. The van der Waals surface area contributed by atoms with Crippen molar-refractivity contribution < 1.29 is 4.42 Å². The molecule has 0 saturated carbocycles. The standard InChI is InChI=1S/C53H38N2O/c1-34(2)41-25-14-26-50-51(41)47-33-49(43-23-11-12-24-46(43)53(47)56-50)54(39-21-13-18-37(31-39)35-15-5-3-6-16-35)40-28-30-44-45-29-27-36-17-9-10-22-42(36)52(45)55(48(44)32-40)38-19-7-4-8-20-38/h3-34H,1-2H3. The Kier molecular flexibility index (Phi) is 7.36. The van der Waals surface area contributed by atoms with Gasteiger partial charge in [0.2, 0.25) is 0 Å². The summed E-state index contributed by atoms with van der Waals surface area (Å²) in [6.45, 7) is 4.53. The minimum absolute atomic E-state index is 0.339. The number of para-hydroxylation sites is 1. The quantitative estimate of drug-likeness (QED) is 0.171. The molecule has 0 N–H and O–H groups in total. The largest absolute Gasteiger partial charge is 0.455 e. The van der Waals surface area contributed by atoms with Gasteiger partial charge < -0.3 is 13.9 Å². The van der Waals surface area contributed by atoms with E-state index < -0.39 is 0 Å². The number of hydrogen-bond acceptors (Lipinski definition) is 2. The normalized spacial score (nSPS) is 11.9. The zero-order valence-corrected chi connectivity index (χ0v) is 31.3. The van der Waals surface area contributed by atoms with Gasteiger partial charge in [-0.25, -0.2) is 0 Å². The van der Waals surface area contributed by atoms with Crippen LogP contribution in [-0.4, -0.2) is 4.57 Å². The van der Waals surface area contributed by atoms with E-state index in [0.717, 1.165) is 55.6 Å². The lowest BCUT2D eigenvalue weighted by Gasteiger charge is -2.28. The SMILES string of the molecule is CC(C)c1cccc2oc3c4ccccc4c(N(c4cccc(-c5ccccc5)c4)c4ccc5c6ccc7ccccc7c6n(-c6ccccc6)c5c4)cc3c12. The molecule has 2 aromatic heterocycles. The third kappa shape index (κ3) is 4.98. The van der Waals surface area contributed by atoms with Crippen LogP contribution in [0.25, 0.3) is 82.1 Å². The lowest BCUT2D eigenvalue weighted by Crippen LogP contribution is -2.11. The molecule has 0 unspecified atom stereocenters. The summed E-state index contributed by atoms with van der Waals surface area (Å²) < 4.78 is 9.20. The molecule has 11 aromatic rings. The van der Waals surface area contributed by atoms with Crippen molar-refractivity contribution in [1.82, 2.24) is 4.57 Å². The van der Waals surface area contributed by atoms with Gasteiger partial charge in [-0.15, -0.1) is 0 Å². The van der Waals surface area contributed by atoms with E-state index in [0.29, 0.717) is 5.92 Å². The second kappa shape index (κ2) is 12.8. The van der Waals surface area contributed by atoms with Crippen molar-refractivity contribution >= 4 is 82.4 Å². The fraction of sp³-hybridized carbons (Fsp3) is 0.0566. The molecule has 0 atom stereocenters. The number of furan rings is 1. The van der Waals surface area contributed by atoms with E-state index in [-0.39, 0.29) is 0 Å². The van der Waals surface area contributed by atoms with Crippen molar-refractivity contribution in [2.75, 3.05) is 4.90 Å². The molecule has 266 valence electrons. The Bertz CT molecular complexity index is 3280. The van der Waals surface area contributed by atoms with Crippen LogP contribution in [0.15, 0.2) is 192 Å². The van der Waals surface area contributed by atoms with Gasteiger partial charge >= 0.3 is 0 Å². The van der Waals surface area contributed by atoms with E-state index in [1.54, 1.807) is 0 Å². The highest BCUT2D eigenvalue weighted by atomic mass is 16.3. The van der Waals surface area contributed by atoms with Gasteiger partial charge in [-0.1, -0.05) is 153 Å². The van der Waals surface area contributed by atoms with Crippen LogP contribution >= 0.6 is 0 Å². The van der Waals surface area contributed by atoms with Crippen LogP contribution in [-0.2, 0) is 0 Å². The Morgan fingerprint density at radius 3 is 1.98 bits per heavy atom. The van der Waals surface area contributed by atoms with Gasteiger partial charge in [0.15, 0.2) is 0 Å². The maximum atomic E-state index is 6.75. The summed E-state index contributed by atoms with van der Waals surface area (Å²) >= 11 is 0. The Hall–Kier alpha value is -7.10. The fourth-order valence-electron chi connectivity index (χ4n) is 8.96. The Morgan fingerprint density at radius 2 is 1.16 bits per heavy atom. The fourth-order valence-corrected chi connectivity index (χ4v) is 8.96. The van der Waals surface area contributed by atoms with E-state index >= 15 is 0 Å².